The van der Waals surface area contributed by atoms with Crippen molar-refractivity contribution in [1.29, 1.82) is 0 Å². The van der Waals surface area contributed by atoms with E-state index in [0.717, 1.165) is 36.9 Å². The van der Waals surface area contributed by atoms with Crippen LogP contribution >= 0.6 is 0 Å². The highest BCUT2D eigenvalue weighted by atomic mass is 32.2. The molecule has 0 saturated carbocycles. The van der Waals surface area contributed by atoms with Crippen LogP contribution < -0.4 is 15.0 Å². The average Bonchev–Trinajstić information content (AvgIpc) is 3.04. The van der Waals surface area contributed by atoms with Crippen molar-refractivity contribution in [2.45, 2.75) is 74.3 Å². The lowest BCUT2D eigenvalue weighted by Gasteiger charge is -2.41. The zero-order valence-corrected chi connectivity index (χ0v) is 20.9. The second-order valence-corrected chi connectivity index (χ2v) is 12.0. The quantitative estimate of drug-likeness (QED) is 0.549. The summed E-state index contributed by atoms with van der Waals surface area (Å²) in [5.74, 6) is -2.23. The molecule has 36 heavy (non-hydrogen) atoms. The Morgan fingerprint density at radius 3 is 2.14 bits per heavy atom. The van der Waals surface area contributed by atoms with Gasteiger partial charge in [0.2, 0.25) is 0 Å². The third-order valence-corrected chi connectivity index (χ3v) is 7.92. The summed E-state index contributed by atoms with van der Waals surface area (Å²) in [4.78, 5) is 15.5. The molecule has 11 heteroatoms. The molecule has 0 spiro atoms. The SMILES string of the molecule is CC(C)(Oc1ccc(F)cc1C(F)(F)F)C(=O)N[C@H]1C[C@H]2CC[C@@H](C1)N2c1ccc(S(C)(=O)=O)cc1. The average molecular weight is 529 g/mol. The van der Waals surface area contributed by atoms with E-state index in [1.165, 1.54) is 13.8 Å². The lowest BCUT2D eigenvalue weighted by atomic mass is 9.95. The van der Waals surface area contributed by atoms with Crippen LogP contribution in [0.25, 0.3) is 0 Å². The normalized spacial score (nSPS) is 22.4. The first-order valence-corrected chi connectivity index (χ1v) is 13.5. The molecule has 2 heterocycles. The number of piperidine rings is 1. The first-order chi connectivity index (χ1) is 16.6. The largest absolute Gasteiger partial charge is 0.477 e. The van der Waals surface area contributed by atoms with E-state index in [1.807, 2.05) is 0 Å². The third kappa shape index (κ3) is 5.45. The summed E-state index contributed by atoms with van der Waals surface area (Å²) in [6.45, 7) is 2.75. The Labute approximate surface area is 207 Å². The van der Waals surface area contributed by atoms with Gasteiger partial charge in [0, 0.05) is 30.1 Å². The third-order valence-electron chi connectivity index (χ3n) is 6.79. The molecule has 1 amide bonds. The number of sulfone groups is 1. The predicted molar refractivity (Wildman–Crippen MR) is 126 cm³/mol. The first-order valence-electron chi connectivity index (χ1n) is 11.6. The van der Waals surface area contributed by atoms with Gasteiger partial charge in [0.25, 0.3) is 5.91 Å². The molecule has 2 aliphatic rings. The highest BCUT2D eigenvalue weighted by Gasteiger charge is 2.43. The van der Waals surface area contributed by atoms with Crippen molar-refractivity contribution in [1.82, 2.24) is 5.32 Å². The van der Waals surface area contributed by atoms with Crippen molar-refractivity contribution in [3.05, 3.63) is 53.8 Å². The topological polar surface area (TPSA) is 75.7 Å². The van der Waals surface area contributed by atoms with Gasteiger partial charge >= 0.3 is 6.18 Å². The Hall–Kier alpha value is -2.82. The fraction of sp³-hybridized carbons (Fsp3) is 0.480. The van der Waals surface area contributed by atoms with Crippen LogP contribution in [0.3, 0.4) is 0 Å². The first kappa shape index (κ1) is 26.2. The van der Waals surface area contributed by atoms with E-state index in [1.54, 1.807) is 24.3 Å². The number of fused-ring (bicyclic) bond motifs is 2. The molecule has 2 aromatic rings. The van der Waals surface area contributed by atoms with Gasteiger partial charge in [0.1, 0.15) is 17.1 Å². The minimum atomic E-state index is -4.84. The number of nitrogens with zero attached hydrogens (tertiary/aromatic N) is 1. The number of ether oxygens (including phenoxy) is 1. The highest BCUT2D eigenvalue weighted by molar-refractivity contribution is 7.90. The standard InChI is InChI=1S/C25H28F4N2O4S/c1-24(2,35-22-11-4-15(26)12-21(22)25(27,28)29)23(32)30-16-13-18-5-6-19(14-16)31(18)17-7-9-20(10-8-17)36(3,33)34/h4,7-12,16,18-19H,5-6,13-14H2,1-3H3,(H,30,32)/t16-,18+,19-. The number of hydrogen-bond acceptors (Lipinski definition) is 5. The van der Waals surface area contributed by atoms with Crippen LogP contribution in [-0.2, 0) is 20.8 Å². The van der Waals surface area contributed by atoms with Crippen molar-refractivity contribution in [3.8, 4) is 5.75 Å². The number of amides is 1. The number of carbonyl (C=O) groups is 1. The van der Waals surface area contributed by atoms with Gasteiger partial charge in [-0.25, -0.2) is 12.8 Å². The van der Waals surface area contributed by atoms with E-state index < -0.39 is 44.7 Å². The van der Waals surface area contributed by atoms with E-state index >= 15 is 0 Å². The van der Waals surface area contributed by atoms with Crippen molar-refractivity contribution in [3.63, 3.8) is 0 Å². The minimum Gasteiger partial charge on any atom is -0.477 e. The Morgan fingerprint density at radius 1 is 1.03 bits per heavy atom. The van der Waals surface area contributed by atoms with Crippen molar-refractivity contribution in [2.75, 3.05) is 11.2 Å². The van der Waals surface area contributed by atoms with Gasteiger partial charge in [0.15, 0.2) is 15.4 Å². The summed E-state index contributed by atoms with van der Waals surface area (Å²) in [7, 11) is -3.29. The zero-order chi connectivity index (χ0) is 26.5. The zero-order valence-electron chi connectivity index (χ0n) is 20.1. The Balaban J connectivity index is 1.43. The number of halogens is 4. The van der Waals surface area contributed by atoms with Gasteiger partial charge in [-0.2, -0.15) is 13.2 Å². The summed E-state index contributed by atoms with van der Waals surface area (Å²) in [6, 6.07) is 8.91. The lowest BCUT2D eigenvalue weighted by molar-refractivity contribution is -0.144. The van der Waals surface area contributed by atoms with Crippen LogP contribution in [0.1, 0.15) is 45.1 Å². The monoisotopic (exact) mass is 528 g/mol. The summed E-state index contributed by atoms with van der Waals surface area (Å²) >= 11 is 0. The molecule has 0 unspecified atom stereocenters. The summed E-state index contributed by atoms with van der Waals surface area (Å²) in [6.07, 6.45) is -0.585. The van der Waals surface area contributed by atoms with Gasteiger partial charge in [0.05, 0.1) is 4.90 Å². The molecule has 2 fully saturated rings. The number of anilines is 1. The maximum atomic E-state index is 13.4. The summed E-state index contributed by atoms with van der Waals surface area (Å²) in [5, 5.41) is 2.93. The number of alkyl halides is 3. The molecule has 1 N–H and O–H groups in total. The molecular weight excluding hydrogens is 500 g/mol. The fourth-order valence-electron chi connectivity index (χ4n) is 5.08. The van der Waals surface area contributed by atoms with E-state index in [4.69, 9.17) is 4.74 Å². The predicted octanol–water partition coefficient (Wildman–Crippen LogP) is 4.72. The van der Waals surface area contributed by atoms with Crippen molar-refractivity contribution >= 4 is 21.4 Å². The van der Waals surface area contributed by atoms with Crippen molar-refractivity contribution in [2.24, 2.45) is 0 Å². The van der Waals surface area contributed by atoms with E-state index in [0.29, 0.717) is 18.9 Å². The van der Waals surface area contributed by atoms with Gasteiger partial charge in [-0.1, -0.05) is 0 Å². The molecule has 0 aliphatic carbocycles. The molecule has 196 valence electrons. The molecule has 3 atom stereocenters. The molecule has 0 aromatic heterocycles. The second-order valence-electron chi connectivity index (χ2n) is 9.95. The van der Waals surface area contributed by atoms with Gasteiger partial charge in [-0.05, 0) is 82.0 Å². The maximum Gasteiger partial charge on any atom is 0.420 e. The Morgan fingerprint density at radius 2 is 1.61 bits per heavy atom. The smallest absolute Gasteiger partial charge is 0.420 e. The Bertz CT molecular complexity index is 1230. The molecule has 0 radical (unpaired) electrons. The van der Waals surface area contributed by atoms with Crippen LogP contribution in [0.2, 0.25) is 0 Å². The summed E-state index contributed by atoms with van der Waals surface area (Å²) in [5.41, 5.74) is -1.99. The Kier molecular flexibility index (Phi) is 6.74. The van der Waals surface area contributed by atoms with E-state index in [-0.39, 0.29) is 23.0 Å². The molecular formula is C25H28F4N2O4S. The number of benzene rings is 2. The van der Waals surface area contributed by atoms with Crippen LogP contribution in [0.4, 0.5) is 23.2 Å². The highest BCUT2D eigenvalue weighted by Crippen LogP contribution is 2.40. The molecule has 2 aromatic carbocycles. The van der Waals surface area contributed by atoms with Crippen molar-refractivity contribution < 1.29 is 35.5 Å². The van der Waals surface area contributed by atoms with Gasteiger partial charge in [-0.15, -0.1) is 0 Å². The number of rotatable bonds is 6. The van der Waals surface area contributed by atoms with Gasteiger partial charge < -0.3 is 15.0 Å². The number of hydrogen-bond donors (Lipinski definition) is 1. The second kappa shape index (κ2) is 9.24. The number of nitrogens with one attached hydrogen (secondary N) is 1. The van der Waals surface area contributed by atoms with Gasteiger partial charge in [-0.3, -0.25) is 4.79 Å². The summed E-state index contributed by atoms with van der Waals surface area (Å²) < 4.78 is 82.4. The molecule has 6 nitrogen and oxygen atoms in total. The fourth-order valence-corrected chi connectivity index (χ4v) is 5.71. The molecule has 2 aliphatic heterocycles. The van der Waals surface area contributed by atoms with E-state index in [2.05, 4.69) is 10.2 Å². The van der Waals surface area contributed by atoms with Crippen LogP contribution in [0, 0.1) is 5.82 Å². The molecule has 2 saturated heterocycles. The molecule has 4 rings (SSSR count). The number of carbonyl (C=O) groups excluding carboxylic acids is 1. The van der Waals surface area contributed by atoms with Crippen LogP contribution in [0.15, 0.2) is 47.4 Å². The lowest BCUT2D eigenvalue weighted by Crippen LogP contribution is -2.55. The minimum absolute atomic E-state index is 0.135. The van der Waals surface area contributed by atoms with Crippen LogP contribution in [0.5, 0.6) is 5.75 Å². The van der Waals surface area contributed by atoms with Crippen LogP contribution in [-0.4, -0.2) is 44.3 Å². The molecule has 2 bridgehead atoms. The maximum absolute atomic E-state index is 13.4. The van der Waals surface area contributed by atoms with E-state index in [9.17, 15) is 30.8 Å².